The first-order valence-corrected chi connectivity index (χ1v) is 4.85. The van der Waals surface area contributed by atoms with Gasteiger partial charge in [0, 0.05) is 0 Å². The molecule has 3 unspecified atom stereocenters. The zero-order valence-corrected chi connectivity index (χ0v) is 8.86. The van der Waals surface area contributed by atoms with Gasteiger partial charge in [-0.2, -0.15) is 0 Å². The predicted molar refractivity (Wildman–Crippen MR) is 52.0 cm³/mol. The first-order chi connectivity index (χ1) is 6.40. The maximum absolute atomic E-state index is 10.7. The van der Waals surface area contributed by atoms with Gasteiger partial charge in [0.2, 0.25) is 0 Å². The molecule has 0 heterocycles. The molecule has 0 fully saturated rings. The lowest BCUT2D eigenvalue weighted by molar-refractivity contribution is -0.146. The smallest absolute Gasteiger partial charge is 0.306 e. The largest absolute Gasteiger partial charge is 0.481 e. The molecule has 0 aliphatic carbocycles. The molecule has 4 nitrogen and oxygen atoms in total. The van der Waals surface area contributed by atoms with Gasteiger partial charge in [-0.15, -0.1) is 0 Å². The average molecular weight is 202 g/mol. The van der Waals surface area contributed by atoms with Gasteiger partial charge in [0.05, 0.1) is 11.8 Å². The fourth-order valence-electron chi connectivity index (χ4n) is 1.34. The number of carboxylic acids is 2. The third-order valence-corrected chi connectivity index (χ3v) is 2.74. The fourth-order valence-corrected chi connectivity index (χ4v) is 1.34. The molecule has 0 spiro atoms. The summed E-state index contributed by atoms with van der Waals surface area (Å²) in [5.41, 5.74) is 0. The third-order valence-electron chi connectivity index (χ3n) is 2.74. The molecule has 14 heavy (non-hydrogen) atoms. The molecule has 0 aliphatic heterocycles. The van der Waals surface area contributed by atoms with Crippen LogP contribution in [0.3, 0.4) is 0 Å². The van der Waals surface area contributed by atoms with Crippen molar-refractivity contribution >= 4 is 11.9 Å². The topological polar surface area (TPSA) is 74.6 Å². The minimum Gasteiger partial charge on any atom is -0.481 e. The molecule has 2 N–H and O–H groups in total. The number of aliphatic carboxylic acids is 2. The SMILES string of the molecule is CCC(CC(C)C(C)C(=O)O)C(=O)O. The van der Waals surface area contributed by atoms with E-state index in [4.69, 9.17) is 10.2 Å². The van der Waals surface area contributed by atoms with Gasteiger partial charge < -0.3 is 10.2 Å². The van der Waals surface area contributed by atoms with Crippen LogP contribution in [0.4, 0.5) is 0 Å². The minimum absolute atomic E-state index is 0.103. The van der Waals surface area contributed by atoms with Crippen LogP contribution in [-0.4, -0.2) is 22.2 Å². The van der Waals surface area contributed by atoms with Crippen molar-refractivity contribution in [2.45, 2.75) is 33.6 Å². The molecule has 0 rings (SSSR count). The molecule has 0 bridgehead atoms. The Hall–Kier alpha value is -1.06. The van der Waals surface area contributed by atoms with E-state index in [0.29, 0.717) is 12.8 Å². The van der Waals surface area contributed by atoms with Crippen molar-refractivity contribution in [3.05, 3.63) is 0 Å². The lowest BCUT2D eigenvalue weighted by Gasteiger charge is -2.19. The molecule has 0 aromatic heterocycles. The van der Waals surface area contributed by atoms with Crippen LogP contribution in [0.2, 0.25) is 0 Å². The van der Waals surface area contributed by atoms with Crippen molar-refractivity contribution in [2.75, 3.05) is 0 Å². The van der Waals surface area contributed by atoms with Crippen LogP contribution in [0, 0.1) is 17.8 Å². The van der Waals surface area contributed by atoms with E-state index in [-0.39, 0.29) is 5.92 Å². The number of carbonyl (C=O) groups is 2. The van der Waals surface area contributed by atoms with Gasteiger partial charge in [-0.05, 0) is 18.8 Å². The second kappa shape index (κ2) is 5.62. The summed E-state index contributed by atoms with van der Waals surface area (Å²) >= 11 is 0. The molecule has 0 aromatic carbocycles. The lowest BCUT2D eigenvalue weighted by atomic mass is 9.86. The normalized spacial score (nSPS) is 17.1. The maximum atomic E-state index is 10.7. The third kappa shape index (κ3) is 3.77. The van der Waals surface area contributed by atoms with E-state index >= 15 is 0 Å². The zero-order chi connectivity index (χ0) is 11.3. The Kier molecular flexibility index (Phi) is 5.20. The second-order valence-electron chi connectivity index (χ2n) is 3.78. The van der Waals surface area contributed by atoms with Crippen LogP contribution in [0.5, 0.6) is 0 Å². The highest BCUT2D eigenvalue weighted by Gasteiger charge is 2.25. The Bertz CT molecular complexity index is 212. The van der Waals surface area contributed by atoms with Crippen molar-refractivity contribution < 1.29 is 19.8 Å². The number of hydrogen-bond donors (Lipinski definition) is 2. The molecule has 0 saturated carbocycles. The molecular weight excluding hydrogens is 184 g/mol. The predicted octanol–water partition coefficient (Wildman–Crippen LogP) is 1.84. The van der Waals surface area contributed by atoms with Crippen LogP contribution in [0.25, 0.3) is 0 Å². The molecule has 0 radical (unpaired) electrons. The average Bonchev–Trinajstić information content (AvgIpc) is 2.11. The van der Waals surface area contributed by atoms with Crippen LogP contribution >= 0.6 is 0 Å². The van der Waals surface area contributed by atoms with Gasteiger partial charge >= 0.3 is 11.9 Å². The van der Waals surface area contributed by atoms with E-state index in [1.54, 1.807) is 20.8 Å². The lowest BCUT2D eigenvalue weighted by Crippen LogP contribution is -2.23. The van der Waals surface area contributed by atoms with E-state index in [1.807, 2.05) is 0 Å². The van der Waals surface area contributed by atoms with Crippen LogP contribution < -0.4 is 0 Å². The first kappa shape index (κ1) is 12.9. The molecule has 0 saturated heterocycles. The minimum atomic E-state index is -0.863. The summed E-state index contributed by atoms with van der Waals surface area (Å²) in [4.78, 5) is 21.3. The molecule has 4 heteroatoms. The van der Waals surface area contributed by atoms with Crippen LogP contribution in [0.1, 0.15) is 33.6 Å². The quantitative estimate of drug-likeness (QED) is 0.689. The highest BCUT2D eigenvalue weighted by Crippen LogP contribution is 2.22. The molecule has 82 valence electrons. The van der Waals surface area contributed by atoms with E-state index in [9.17, 15) is 9.59 Å². The summed E-state index contributed by atoms with van der Waals surface area (Å²) in [5.74, 6) is -2.71. The van der Waals surface area contributed by atoms with Gasteiger partial charge in [0.15, 0.2) is 0 Å². The Balaban J connectivity index is 4.21. The monoisotopic (exact) mass is 202 g/mol. The second-order valence-corrected chi connectivity index (χ2v) is 3.78. The van der Waals surface area contributed by atoms with E-state index in [1.165, 1.54) is 0 Å². The molecule has 0 amide bonds. The Labute approximate surface area is 83.9 Å². The van der Waals surface area contributed by atoms with Gasteiger partial charge in [-0.3, -0.25) is 9.59 Å². The van der Waals surface area contributed by atoms with Gasteiger partial charge in [-0.25, -0.2) is 0 Å². The van der Waals surface area contributed by atoms with Crippen molar-refractivity contribution in [2.24, 2.45) is 17.8 Å². The maximum Gasteiger partial charge on any atom is 0.306 e. The van der Waals surface area contributed by atoms with Gasteiger partial charge in [-0.1, -0.05) is 20.8 Å². The van der Waals surface area contributed by atoms with Crippen LogP contribution in [0.15, 0.2) is 0 Å². The van der Waals surface area contributed by atoms with Gasteiger partial charge in [0.25, 0.3) is 0 Å². The van der Waals surface area contributed by atoms with Crippen LogP contribution in [-0.2, 0) is 9.59 Å². The van der Waals surface area contributed by atoms with Crippen molar-refractivity contribution in [1.29, 1.82) is 0 Å². The standard InChI is InChI=1S/C10H18O4/c1-4-8(10(13)14)5-6(2)7(3)9(11)12/h6-8H,4-5H2,1-3H3,(H,11,12)(H,13,14). The number of rotatable bonds is 6. The van der Waals surface area contributed by atoms with E-state index in [2.05, 4.69) is 0 Å². The summed E-state index contributed by atoms with van der Waals surface area (Å²) in [5, 5.41) is 17.5. The first-order valence-electron chi connectivity index (χ1n) is 4.85. The Morgan fingerprint density at radius 1 is 1.14 bits per heavy atom. The summed E-state index contributed by atoms with van der Waals surface area (Å²) in [6.07, 6.45) is 0.977. The summed E-state index contributed by atoms with van der Waals surface area (Å²) in [7, 11) is 0. The summed E-state index contributed by atoms with van der Waals surface area (Å²) < 4.78 is 0. The van der Waals surface area contributed by atoms with Crippen molar-refractivity contribution in [3.63, 3.8) is 0 Å². The fraction of sp³-hybridized carbons (Fsp3) is 0.800. The zero-order valence-electron chi connectivity index (χ0n) is 8.86. The Morgan fingerprint density at radius 2 is 1.64 bits per heavy atom. The Morgan fingerprint density at radius 3 is 1.93 bits per heavy atom. The van der Waals surface area contributed by atoms with E-state index < -0.39 is 23.8 Å². The number of hydrogen-bond acceptors (Lipinski definition) is 2. The molecule has 0 aromatic rings. The molecule has 0 aliphatic rings. The van der Waals surface area contributed by atoms with Crippen molar-refractivity contribution in [3.8, 4) is 0 Å². The highest BCUT2D eigenvalue weighted by atomic mass is 16.4. The van der Waals surface area contributed by atoms with E-state index in [0.717, 1.165) is 0 Å². The summed E-state index contributed by atoms with van der Waals surface area (Å²) in [6.45, 7) is 5.20. The molecular formula is C10H18O4. The van der Waals surface area contributed by atoms with Crippen molar-refractivity contribution in [1.82, 2.24) is 0 Å². The summed E-state index contributed by atoms with van der Waals surface area (Å²) in [6, 6.07) is 0. The number of carboxylic acid groups (broad SMARTS) is 2. The van der Waals surface area contributed by atoms with Gasteiger partial charge in [0.1, 0.15) is 0 Å². The molecule has 3 atom stereocenters. The highest BCUT2D eigenvalue weighted by molar-refractivity contribution is 5.71.